The van der Waals surface area contributed by atoms with Crippen molar-refractivity contribution in [2.24, 2.45) is 0 Å². The van der Waals surface area contributed by atoms with Gasteiger partial charge < -0.3 is 20.6 Å². The zero-order chi connectivity index (χ0) is 21.7. The maximum absolute atomic E-state index is 6.84. The van der Waals surface area contributed by atoms with E-state index in [2.05, 4.69) is 50.5 Å². The Kier molecular flexibility index (Phi) is 4.01. The number of pyridine rings is 1. The van der Waals surface area contributed by atoms with Gasteiger partial charge in [0.05, 0.1) is 33.8 Å². The number of anilines is 2. The number of fused-ring (bicyclic) bond motifs is 2. The van der Waals surface area contributed by atoms with Crippen LogP contribution in [0.15, 0.2) is 103 Å². The molecule has 0 bridgehead atoms. The van der Waals surface area contributed by atoms with Crippen LogP contribution in [0.1, 0.15) is 0 Å². The van der Waals surface area contributed by atoms with Crippen molar-refractivity contribution in [3.63, 3.8) is 0 Å². The molecule has 0 saturated heterocycles. The van der Waals surface area contributed by atoms with Gasteiger partial charge in [-0.05, 0) is 42.5 Å². The molecule has 0 fully saturated rings. The number of nitrogen functional groups attached to an aromatic ring is 2. The number of aromatic nitrogens is 3. The molecule has 0 unspecified atom stereocenters. The highest BCUT2D eigenvalue weighted by molar-refractivity contribution is 6.08. The van der Waals surface area contributed by atoms with Gasteiger partial charge in [0, 0.05) is 23.0 Å². The summed E-state index contributed by atoms with van der Waals surface area (Å²) >= 11 is 0. The smallest absolute Gasteiger partial charge is 0.112 e. The van der Waals surface area contributed by atoms with Crippen molar-refractivity contribution in [1.82, 2.24) is 14.1 Å². The largest absolute Gasteiger partial charge is 0.396 e. The number of rotatable bonds is 3. The van der Waals surface area contributed by atoms with Crippen LogP contribution < -0.4 is 11.5 Å². The molecule has 0 atom stereocenters. The Morgan fingerprint density at radius 2 is 1.06 bits per heavy atom. The SMILES string of the molecule is Nc1c(-c2c(N)c3ncccc3n2-c2ccccc2)n(-c2ccccc2)c2ccccc12. The van der Waals surface area contributed by atoms with Crippen molar-refractivity contribution in [3.05, 3.63) is 103 Å². The summed E-state index contributed by atoms with van der Waals surface area (Å²) in [6.07, 6.45) is 1.77. The summed E-state index contributed by atoms with van der Waals surface area (Å²) in [6, 6.07) is 32.6. The predicted octanol–water partition coefficient (Wildman–Crippen LogP) is 5.80. The molecule has 4 N–H and O–H groups in total. The van der Waals surface area contributed by atoms with Crippen LogP contribution in [0, 0.1) is 0 Å². The van der Waals surface area contributed by atoms with Gasteiger partial charge in [-0.25, -0.2) is 0 Å². The van der Waals surface area contributed by atoms with E-state index < -0.39 is 0 Å². The highest BCUT2D eigenvalue weighted by Crippen LogP contribution is 2.44. The maximum Gasteiger partial charge on any atom is 0.112 e. The standard InChI is InChI=1S/C27H21N5/c28-23-20-14-7-8-15-21(20)31(18-10-3-1-4-11-18)26(23)27-24(29)25-22(16-9-17-30-25)32(27)19-12-5-2-6-13-19/h1-17H,28-29H2. The minimum absolute atomic E-state index is 0.608. The molecule has 32 heavy (non-hydrogen) atoms. The van der Waals surface area contributed by atoms with Crippen molar-refractivity contribution in [2.45, 2.75) is 0 Å². The lowest BCUT2D eigenvalue weighted by Crippen LogP contribution is -2.05. The monoisotopic (exact) mass is 415 g/mol. The van der Waals surface area contributed by atoms with E-state index in [0.717, 1.165) is 44.7 Å². The van der Waals surface area contributed by atoms with E-state index in [1.807, 2.05) is 60.7 Å². The summed E-state index contributed by atoms with van der Waals surface area (Å²) < 4.78 is 4.34. The normalized spacial score (nSPS) is 11.4. The van der Waals surface area contributed by atoms with E-state index in [9.17, 15) is 0 Å². The van der Waals surface area contributed by atoms with Crippen molar-refractivity contribution in [3.8, 4) is 22.8 Å². The predicted molar refractivity (Wildman–Crippen MR) is 132 cm³/mol. The van der Waals surface area contributed by atoms with Crippen LogP contribution in [0.3, 0.4) is 0 Å². The average molecular weight is 416 g/mol. The van der Waals surface area contributed by atoms with Gasteiger partial charge in [-0.2, -0.15) is 0 Å². The van der Waals surface area contributed by atoms with Gasteiger partial charge in [0.2, 0.25) is 0 Å². The van der Waals surface area contributed by atoms with Gasteiger partial charge in [-0.3, -0.25) is 4.98 Å². The van der Waals surface area contributed by atoms with Gasteiger partial charge in [-0.1, -0.05) is 54.6 Å². The number of nitrogens with two attached hydrogens (primary N) is 2. The number of benzene rings is 3. The Morgan fingerprint density at radius 1 is 0.531 bits per heavy atom. The van der Waals surface area contributed by atoms with Crippen LogP contribution in [0.2, 0.25) is 0 Å². The maximum atomic E-state index is 6.84. The third-order valence-corrected chi connectivity index (χ3v) is 5.93. The number of nitrogens with zero attached hydrogens (tertiary/aromatic N) is 3. The molecule has 6 rings (SSSR count). The summed E-state index contributed by atoms with van der Waals surface area (Å²) in [4.78, 5) is 4.60. The molecule has 0 spiro atoms. The zero-order valence-corrected chi connectivity index (χ0v) is 17.3. The van der Waals surface area contributed by atoms with E-state index >= 15 is 0 Å². The molecule has 0 aliphatic carbocycles. The minimum Gasteiger partial charge on any atom is -0.396 e. The number of hydrogen-bond acceptors (Lipinski definition) is 3. The lowest BCUT2D eigenvalue weighted by atomic mass is 10.2. The fourth-order valence-corrected chi connectivity index (χ4v) is 4.56. The Bertz CT molecular complexity index is 1460. The van der Waals surface area contributed by atoms with Crippen molar-refractivity contribution >= 4 is 33.3 Å². The topological polar surface area (TPSA) is 74.8 Å². The van der Waals surface area contributed by atoms with Gasteiger partial charge in [0.15, 0.2) is 0 Å². The first kappa shape index (κ1) is 18.3. The van der Waals surface area contributed by atoms with E-state index in [4.69, 9.17) is 11.5 Å². The third-order valence-electron chi connectivity index (χ3n) is 5.93. The van der Waals surface area contributed by atoms with Crippen molar-refractivity contribution in [2.75, 3.05) is 11.5 Å². The van der Waals surface area contributed by atoms with Gasteiger partial charge >= 0.3 is 0 Å². The minimum atomic E-state index is 0.608. The van der Waals surface area contributed by atoms with Crippen LogP contribution in [-0.2, 0) is 0 Å². The van der Waals surface area contributed by atoms with Crippen molar-refractivity contribution < 1.29 is 0 Å². The summed E-state index contributed by atoms with van der Waals surface area (Å²) in [5.41, 5.74) is 21.4. The van der Waals surface area contributed by atoms with Gasteiger partial charge in [0.25, 0.3) is 0 Å². The Labute approximate surface area is 185 Å². The van der Waals surface area contributed by atoms with Crippen LogP contribution in [0.5, 0.6) is 0 Å². The lowest BCUT2D eigenvalue weighted by molar-refractivity contribution is 1.07. The second-order valence-electron chi connectivity index (χ2n) is 7.75. The molecule has 0 amide bonds. The molecule has 0 aliphatic heterocycles. The van der Waals surface area contributed by atoms with Crippen molar-refractivity contribution in [1.29, 1.82) is 0 Å². The molecular formula is C27H21N5. The molecule has 3 heterocycles. The number of para-hydroxylation sites is 3. The molecule has 3 aromatic heterocycles. The highest BCUT2D eigenvalue weighted by atomic mass is 15.1. The Balaban J connectivity index is 1.82. The van der Waals surface area contributed by atoms with E-state index in [0.29, 0.717) is 11.4 Å². The first-order valence-electron chi connectivity index (χ1n) is 10.5. The van der Waals surface area contributed by atoms with E-state index in [1.165, 1.54) is 0 Å². The average Bonchev–Trinajstić information content (AvgIpc) is 3.31. The van der Waals surface area contributed by atoms with E-state index in [1.54, 1.807) is 6.20 Å². The Morgan fingerprint density at radius 3 is 1.75 bits per heavy atom. The molecule has 3 aromatic carbocycles. The summed E-state index contributed by atoms with van der Waals surface area (Å²) in [5.74, 6) is 0. The molecule has 0 aliphatic rings. The highest BCUT2D eigenvalue weighted by Gasteiger charge is 2.26. The molecular weight excluding hydrogens is 394 g/mol. The Hall–Kier alpha value is -4.51. The van der Waals surface area contributed by atoms with Gasteiger partial charge in [-0.15, -0.1) is 0 Å². The molecule has 154 valence electrons. The quantitative estimate of drug-likeness (QED) is 0.383. The summed E-state index contributed by atoms with van der Waals surface area (Å²) in [6.45, 7) is 0. The fourth-order valence-electron chi connectivity index (χ4n) is 4.56. The third kappa shape index (κ3) is 2.55. The second kappa shape index (κ2) is 7.03. The molecule has 0 saturated carbocycles. The first-order valence-corrected chi connectivity index (χ1v) is 10.5. The second-order valence-corrected chi connectivity index (χ2v) is 7.75. The fraction of sp³-hybridized carbons (Fsp3) is 0. The lowest BCUT2D eigenvalue weighted by Gasteiger charge is -2.16. The van der Waals surface area contributed by atoms with Crippen LogP contribution in [0.4, 0.5) is 11.4 Å². The van der Waals surface area contributed by atoms with Crippen LogP contribution in [-0.4, -0.2) is 14.1 Å². The van der Waals surface area contributed by atoms with E-state index in [-0.39, 0.29) is 0 Å². The first-order chi connectivity index (χ1) is 15.8. The van der Waals surface area contributed by atoms with Crippen LogP contribution >= 0.6 is 0 Å². The molecule has 5 heteroatoms. The molecule has 6 aromatic rings. The van der Waals surface area contributed by atoms with Gasteiger partial charge in [0.1, 0.15) is 5.52 Å². The zero-order valence-electron chi connectivity index (χ0n) is 17.3. The number of hydrogen-bond donors (Lipinski definition) is 2. The molecule has 5 nitrogen and oxygen atoms in total. The van der Waals surface area contributed by atoms with Crippen LogP contribution in [0.25, 0.3) is 44.7 Å². The summed E-state index contributed by atoms with van der Waals surface area (Å²) in [5, 5.41) is 0.989. The molecule has 0 radical (unpaired) electrons. The summed E-state index contributed by atoms with van der Waals surface area (Å²) in [7, 11) is 0.